The smallest absolute Gasteiger partial charge is 0.211 e. The summed E-state index contributed by atoms with van der Waals surface area (Å²) < 4.78 is 37.2. The molecule has 0 radical (unpaired) electrons. The highest BCUT2D eigenvalue weighted by Gasteiger charge is 2.30. The maximum atomic E-state index is 12.4. The molecule has 11 heteroatoms. The minimum absolute atomic E-state index is 0.314. The second-order valence-corrected chi connectivity index (χ2v) is 13.4. The van der Waals surface area contributed by atoms with Crippen molar-refractivity contribution in [2.75, 3.05) is 51.9 Å². The fourth-order valence-corrected chi connectivity index (χ4v) is 6.47. The van der Waals surface area contributed by atoms with E-state index >= 15 is 0 Å². The van der Waals surface area contributed by atoms with Crippen LogP contribution in [0.1, 0.15) is 34.4 Å². The molecule has 1 aromatic heterocycles. The van der Waals surface area contributed by atoms with E-state index in [0.717, 1.165) is 80.4 Å². The minimum atomic E-state index is -3.32. The van der Waals surface area contributed by atoms with Crippen LogP contribution in [-0.4, -0.2) is 79.3 Å². The van der Waals surface area contributed by atoms with Gasteiger partial charge in [0.2, 0.25) is 10.0 Å². The molecule has 3 heterocycles. The predicted molar refractivity (Wildman–Crippen MR) is 166 cm³/mol. The fraction of sp³-hybridized carbons (Fsp3) is 0.433. The Balaban J connectivity index is 1.41. The van der Waals surface area contributed by atoms with Crippen LogP contribution in [0.15, 0.2) is 42.5 Å². The molecular weight excluding hydrogens is 578 g/mol. The minimum Gasteiger partial charge on any atom is -0.379 e. The first-order valence-electron chi connectivity index (χ1n) is 13.8. The second-order valence-electron chi connectivity index (χ2n) is 10.3. The summed E-state index contributed by atoms with van der Waals surface area (Å²) in [6, 6.07) is 13.9. The van der Waals surface area contributed by atoms with Gasteiger partial charge in [-0.05, 0) is 42.5 Å². The maximum absolute atomic E-state index is 12.4. The number of ether oxygens (including phenoxy) is 1. The van der Waals surface area contributed by atoms with Crippen LogP contribution < -0.4 is 4.72 Å². The number of sulfonamides is 1. The quantitative estimate of drug-likeness (QED) is 0.289. The number of hydrogen-bond donors (Lipinski definition) is 1. The van der Waals surface area contributed by atoms with Crippen molar-refractivity contribution in [1.82, 2.24) is 23.7 Å². The molecule has 0 saturated carbocycles. The number of rotatable bonds is 9. The van der Waals surface area contributed by atoms with Crippen molar-refractivity contribution in [2.24, 2.45) is 0 Å². The molecule has 0 unspecified atom stereocenters. The van der Waals surface area contributed by atoms with Gasteiger partial charge in [-0.3, -0.25) is 14.3 Å². The SMILES string of the molecule is CSNCc1ccc(C#Cc2cc(-c3nn(CCCN4CCOCC4)c4c3CN(S(C)(=O)=O)CC4)ccc2Cl)cc1. The number of hydrogen-bond acceptors (Lipinski definition) is 7. The highest BCUT2D eigenvalue weighted by molar-refractivity contribution is 7.96. The molecule has 3 aromatic rings. The lowest BCUT2D eigenvalue weighted by Gasteiger charge is -2.27. The van der Waals surface area contributed by atoms with Crippen LogP contribution >= 0.6 is 23.5 Å². The maximum Gasteiger partial charge on any atom is 0.211 e. The van der Waals surface area contributed by atoms with Crippen LogP contribution in [-0.2, 0) is 40.8 Å². The molecule has 1 saturated heterocycles. The summed E-state index contributed by atoms with van der Waals surface area (Å²) in [5.41, 5.74) is 6.57. The Morgan fingerprint density at radius 1 is 1.07 bits per heavy atom. The number of fused-ring (bicyclic) bond motifs is 1. The highest BCUT2D eigenvalue weighted by atomic mass is 35.5. The van der Waals surface area contributed by atoms with Gasteiger partial charge in [-0.1, -0.05) is 53.6 Å². The van der Waals surface area contributed by atoms with E-state index < -0.39 is 10.0 Å². The lowest BCUT2D eigenvalue weighted by atomic mass is 10.0. The van der Waals surface area contributed by atoms with Gasteiger partial charge in [0.25, 0.3) is 0 Å². The summed E-state index contributed by atoms with van der Waals surface area (Å²) in [6.45, 7) is 6.82. The first-order chi connectivity index (χ1) is 19.8. The number of benzene rings is 2. The van der Waals surface area contributed by atoms with Crippen LogP contribution in [0.5, 0.6) is 0 Å². The lowest BCUT2D eigenvalue weighted by molar-refractivity contribution is 0.0368. The van der Waals surface area contributed by atoms with Gasteiger partial charge in [-0.25, -0.2) is 8.42 Å². The largest absolute Gasteiger partial charge is 0.379 e. The van der Waals surface area contributed by atoms with Crippen LogP contribution in [0.25, 0.3) is 11.3 Å². The summed E-state index contributed by atoms with van der Waals surface area (Å²) in [4.78, 5) is 2.42. The zero-order valence-electron chi connectivity index (χ0n) is 23.5. The number of morpholine rings is 1. The molecule has 218 valence electrons. The summed E-state index contributed by atoms with van der Waals surface area (Å²) in [5.74, 6) is 6.46. The number of nitrogens with zero attached hydrogens (tertiary/aromatic N) is 4. The van der Waals surface area contributed by atoms with Crippen molar-refractivity contribution < 1.29 is 13.2 Å². The van der Waals surface area contributed by atoms with Gasteiger partial charge in [0, 0.05) is 80.2 Å². The van der Waals surface area contributed by atoms with Crippen molar-refractivity contribution in [2.45, 2.75) is 32.5 Å². The molecule has 0 bridgehead atoms. The normalized spacial score (nSPS) is 16.3. The van der Waals surface area contributed by atoms with Crippen LogP contribution in [0.4, 0.5) is 0 Å². The summed E-state index contributed by atoms with van der Waals surface area (Å²) >= 11 is 8.16. The van der Waals surface area contributed by atoms with Crippen molar-refractivity contribution in [1.29, 1.82) is 0 Å². The first kappa shape index (κ1) is 30.1. The van der Waals surface area contributed by atoms with Crippen molar-refractivity contribution >= 4 is 33.6 Å². The van der Waals surface area contributed by atoms with Crippen LogP contribution in [0, 0.1) is 11.8 Å². The van der Waals surface area contributed by atoms with Gasteiger partial charge in [0.1, 0.15) is 0 Å². The molecule has 5 rings (SSSR count). The molecule has 2 aliphatic heterocycles. The van der Waals surface area contributed by atoms with Gasteiger partial charge in [-0.15, -0.1) is 0 Å². The van der Waals surface area contributed by atoms with E-state index in [1.54, 1.807) is 11.9 Å². The molecule has 0 atom stereocenters. The third kappa shape index (κ3) is 7.73. The van der Waals surface area contributed by atoms with Gasteiger partial charge in [-0.2, -0.15) is 9.40 Å². The van der Waals surface area contributed by atoms with Gasteiger partial charge >= 0.3 is 0 Å². The van der Waals surface area contributed by atoms with Gasteiger partial charge < -0.3 is 4.74 Å². The molecule has 2 aromatic carbocycles. The molecule has 8 nitrogen and oxygen atoms in total. The molecule has 0 spiro atoms. The van der Waals surface area contributed by atoms with E-state index in [2.05, 4.69) is 38.3 Å². The van der Waals surface area contributed by atoms with E-state index in [4.69, 9.17) is 21.4 Å². The average molecular weight is 614 g/mol. The Morgan fingerprint density at radius 2 is 1.85 bits per heavy atom. The molecule has 41 heavy (non-hydrogen) atoms. The number of halogens is 1. The predicted octanol–water partition coefficient (Wildman–Crippen LogP) is 4.01. The Labute approximate surface area is 252 Å². The number of nitrogens with one attached hydrogen (secondary N) is 1. The monoisotopic (exact) mass is 613 g/mol. The molecule has 1 N–H and O–H groups in total. The van der Waals surface area contributed by atoms with Crippen LogP contribution in [0.3, 0.4) is 0 Å². The summed E-state index contributed by atoms with van der Waals surface area (Å²) in [6.07, 6.45) is 4.88. The van der Waals surface area contributed by atoms with Crippen LogP contribution in [0.2, 0.25) is 5.02 Å². The van der Waals surface area contributed by atoms with E-state index in [1.807, 2.05) is 36.6 Å². The fourth-order valence-electron chi connectivity index (χ4n) is 5.20. The Hall–Kier alpha value is -2.36. The average Bonchev–Trinajstić information content (AvgIpc) is 3.34. The standard InChI is InChI=1S/C30H36ClN5O3S2/c1-40-32-21-24-6-4-23(5-7-24)8-9-25-20-26(10-11-28(25)31)30-27-22-35(41(2,37)38)15-12-29(27)36(33-30)14-3-13-34-16-18-39-19-17-34/h4-7,10-11,20,32H,3,12-19,21-22H2,1-2H3. The molecular formula is C30H36ClN5O3S2. The molecule has 0 amide bonds. The van der Waals surface area contributed by atoms with Crippen molar-refractivity contribution in [3.63, 3.8) is 0 Å². The number of aromatic nitrogens is 2. The van der Waals surface area contributed by atoms with E-state index in [9.17, 15) is 8.42 Å². The van der Waals surface area contributed by atoms with E-state index in [1.165, 1.54) is 16.1 Å². The zero-order valence-corrected chi connectivity index (χ0v) is 25.9. The van der Waals surface area contributed by atoms with E-state index in [-0.39, 0.29) is 0 Å². The van der Waals surface area contributed by atoms with Crippen molar-refractivity contribution in [3.8, 4) is 23.1 Å². The van der Waals surface area contributed by atoms with E-state index in [0.29, 0.717) is 30.1 Å². The third-order valence-corrected chi connectivity index (χ3v) is 9.48. The van der Waals surface area contributed by atoms with Gasteiger partial charge in [0.15, 0.2) is 0 Å². The number of aryl methyl sites for hydroxylation is 1. The second kappa shape index (κ2) is 13.7. The third-order valence-electron chi connectivity index (χ3n) is 7.47. The summed E-state index contributed by atoms with van der Waals surface area (Å²) in [7, 11) is -3.32. The Bertz CT molecular complexity index is 1520. The first-order valence-corrected chi connectivity index (χ1v) is 17.3. The Kier molecular flexibility index (Phi) is 10.1. The van der Waals surface area contributed by atoms with Crippen molar-refractivity contribution in [3.05, 3.63) is 75.4 Å². The Morgan fingerprint density at radius 3 is 2.59 bits per heavy atom. The van der Waals surface area contributed by atoms with Gasteiger partial charge in [0.05, 0.1) is 30.2 Å². The molecule has 1 fully saturated rings. The topological polar surface area (TPSA) is 79.7 Å². The lowest BCUT2D eigenvalue weighted by Crippen LogP contribution is -2.37. The zero-order chi connectivity index (χ0) is 28.8. The molecule has 0 aliphatic carbocycles. The highest BCUT2D eigenvalue weighted by Crippen LogP contribution is 2.33. The molecule has 2 aliphatic rings. The summed E-state index contributed by atoms with van der Waals surface area (Å²) in [5, 5.41) is 5.61.